The highest BCUT2D eigenvalue weighted by molar-refractivity contribution is 6.08. The number of anilines is 2. The summed E-state index contributed by atoms with van der Waals surface area (Å²) in [5.74, 6) is -1.13. The lowest BCUT2D eigenvalue weighted by atomic mass is 9.89. The zero-order valence-electron chi connectivity index (χ0n) is 19.1. The molecule has 2 heterocycles. The molecule has 0 radical (unpaired) electrons. The molecule has 7 heteroatoms. The third kappa shape index (κ3) is 3.72. The lowest BCUT2D eigenvalue weighted by molar-refractivity contribution is -0.153. The topological polar surface area (TPSA) is 67.7 Å². The van der Waals surface area contributed by atoms with Crippen molar-refractivity contribution in [2.24, 2.45) is 5.92 Å². The second-order valence-electron chi connectivity index (χ2n) is 8.27. The molecule has 2 aromatic carbocycles. The third-order valence-electron chi connectivity index (χ3n) is 5.97. The Morgan fingerprint density at radius 2 is 1.81 bits per heavy atom. The van der Waals surface area contributed by atoms with Crippen LogP contribution in [0.15, 0.2) is 48.5 Å². The van der Waals surface area contributed by atoms with Gasteiger partial charge in [-0.05, 0) is 43.2 Å². The van der Waals surface area contributed by atoms with Crippen molar-refractivity contribution in [2.45, 2.75) is 32.7 Å². The maximum absolute atomic E-state index is 13.7. The van der Waals surface area contributed by atoms with E-state index in [4.69, 9.17) is 9.72 Å². The van der Waals surface area contributed by atoms with Crippen molar-refractivity contribution >= 4 is 34.5 Å². The summed E-state index contributed by atoms with van der Waals surface area (Å²) in [6.45, 7) is 4.58. The van der Waals surface area contributed by atoms with Gasteiger partial charge in [0.25, 0.3) is 0 Å². The number of benzene rings is 2. The first-order chi connectivity index (χ1) is 15.5. The van der Waals surface area contributed by atoms with Crippen LogP contribution in [-0.4, -0.2) is 48.7 Å². The van der Waals surface area contributed by atoms with E-state index in [1.165, 1.54) is 0 Å². The van der Waals surface area contributed by atoms with E-state index in [0.717, 1.165) is 35.1 Å². The molecule has 3 aromatic rings. The predicted octanol–water partition coefficient (Wildman–Crippen LogP) is 4.02. The Kier molecular flexibility index (Phi) is 6.17. The van der Waals surface area contributed by atoms with Crippen LogP contribution in [0.5, 0.6) is 0 Å². The molecule has 0 saturated carbocycles. The molecule has 0 aliphatic carbocycles. The minimum Gasteiger partial charge on any atom is -0.465 e. The van der Waals surface area contributed by atoms with Gasteiger partial charge in [0.2, 0.25) is 11.9 Å². The molecule has 0 fully saturated rings. The number of hydrogen-bond donors (Lipinski definition) is 0. The summed E-state index contributed by atoms with van der Waals surface area (Å²) < 4.78 is 7.43. The van der Waals surface area contributed by atoms with Crippen molar-refractivity contribution in [3.63, 3.8) is 0 Å². The van der Waals surface area contributed by atoms with Crippen LogP contribution >= 0.6 is 0 Å². The fourth-order valence-electron chi connectivity index (χ4n) is 4.35. The van der Waals surface area contributed by atoms with Gasteiger partial charge in [-0.25, -0.2) is 4.98 Å². The van der Waals surface area contributed by atoms with Crippen LogP contribution in [-0.2, 0) is 14.3 Å². The Labute approximate surface area is 188 Å². The van der Waals surface area contributed by atoms with Crippen molar-refractivity contribution in [3.05, 3.63) is 54.1 Å². The average molecular weight is 435 g/mol. The van der Waals surface area contributed by atoms with Crippen LogP contribution in [0.4, 0.5) is 11.6 Å². The lowest BCUT2D eigenvalue weighted by Crippen LogP contribution is -2.50. The molecule has 32 heavy (non-hydrogen) atoms. The number of para-hydroxylation sites is 2. The summed E-state index contributed by atoms with van der Waals surface area (Å²) in [6, 6.07) is 15.3. The first-order valence-electron chi connectivity index (χ1n) is 11.2. The summed E-state index contributed by atoms with van der Waals surface area (Å²) in [7, 11) is 3.96. The number of nitrogens with zero attached hydrogens (tertiary/aromatic N) is 4. The van der Waals surface area contributed by atoms with Gasteiger partial charge in [0.1, 0.15) is 0 Å². The van der Waals surface area contributed by atoms with Gasteiger partial charge in [0.15, 0.2) is 5.92 Å². The van der Waals surface area contributed by atoms with Crippen molar-refractivity contribution in [3.8, 4) is 0 Å². The molecule has 0 bridgehead atoms. The zero-order valence-corrected chi connectivity index (χ0v) is 19.1. The number of fused-ring (bicyclic) bond motifs is 3. The van der Waals surface area contributed by atoms with Gasteiger partial charge in [0.05, 0.1) is 23.7 Å². The molecule has 1 amide bonds. The number of rotatable bonds is 7. The summed E-state index contributed by atoms with van der Waals surface area (Å²) in [4.78, 5) is 35.3. The van der Waals surface area contributed by atoms with Gasteiger partial charge < -0.3 is 14.2 Å². The molecule has 168 valence electrons. The Hall–Kier alpha value is -3.35. The van der Waals surface area contributed by atoms with Crippen LogP contribution in [0.25, 0.3) is 11.0 Å². The van der Waals surface area contributed by atoms with Gasteiger partial charge in [-0.2, -0.15) is 0 Å². The fourth-order valence-corrected chi connectivity index (χ4v) is 4.35. The zero-order chi connectivity index (χ0) is 22.8. The maximum atomic E-state index is 13.7. The van der Waals surface area contributed by atoms with Crippen LogP contribution in [0, 0.1) is 5.92 Å². The van der Waals surface area contributed by atoms with E-state index >= 15 is 0 Å². The Morgan fingerprint density at radius 3 is 2.47 bits per heavy atom. The van der Waals surface area contributed by atoms with Crippen molar-refractivity contribution < 1.29 is 14.3 Å². The molecule has 7 nitrogen and oxygen atoms in total. The molecule has 2 atom stereocenters. The van der Waals surface area contributed by atoms with E-state index in [-0.39, 0.29) is 12.5 Å². The Morgan fingerprint density at radius 1 is 1.09 bits per heavy atom. The molecule has 2 unspecified atom stereocenters. The highest BCUT2D eigenvalue weighted by Gasteiger charge is 2.47. The monoisotopic (exact) mass is 434 g/mol. The first kappa shape index (κ1) is 21.9. The molecule has 0 saturated heterocycles. The molecular formula is C25H30N4O3. The number of carbonyl (C=O) groups is 2. The summed E-state index contributed by atoms with van der Waals surface area (Å²) in [5, 5.41) is 0. The number of aromatic nitrogens is 2. The first-order valence-corrected chi connectivity index (χ1v) is 11.2. The Balaban J connectivity index is 1.94. The second kappa shape index (κ2) is 9.02. The van der Waals surface area contributed by atoms with Crippen LogP contribution in [0.1, 0.15) is 38.3 Å². The summed E-state index contributed by atoms with van der Waals surface area (Å²) >= 11 is 0. The largest absolute Gasteiger partial charge is 0.465 e. The predicted molar refractivity (Wildman–Crippen MR) is 126 cm³/mol. The minimum absolute atomic E-state index is 0.224. The third-order valence-corrected chi connectivity index (χ3v) is 5.97. The normalized spacial score (nSPS) is 18.0. The van der Waals surface area contributed by atoms with E-state index in [9.17, 15) is 9.59 Å². The maximum Gasteiger partial charge on any atom is 0.321 e. The summed E-state index contributed by atoms with van der Waals surface area (Å²) in [5.41, 5.74) is 3.62. The van der Waals surface area contributed by atoms with Crippen LogP contribution < -0.4 is 9.80 Å². The van der Waals surface area contributed by atoms with Gasteiger partial charge in [-0.15, -0.1) is 0 Å². The quantitative estimate of drug-likeness (QED) is 0.415. The van der Waals surface area contributed by atoms with E-state index in [1.54, 1.807) is 11.8 Å². The standard InChI is InChI=1S/C25H30N4O3/c1-5-7-16-28-23(30)21(24(31)32-6-2)22(17-12-14-18(15-13-17)27(3)4)29-20-11-9-8-10-19(20)26-25(28)29/h8-15,21-22H,5-7,16H2,1-4H3. The Bertz CT molecular complexity index is 1120. The number of hydrogen-bond acceptors (Lipinski definition) is 5. The number of unbranched alkanes of at least 4 members (excludes halogenated alkanes) is 1. The highest BCUT2D eigenvalue weighted by atomic mass is 16.5. The SMILES string of the molecule is CCCCN1C(=O)C(C(=O)OCC)C(c2ccc(N(C)C)cc2)n2c1nc1ccccc12. The number of esters is 1. The molecule has 1 aromatic heterocycles. The van der Waals surface area contributed by atoms with Crippen molar-refractivity contribution in [1.29, 1.82) is 0 Å². The molecular weight excluding hydrogens is 404 g/mol. The lowest BCUT2D eigenvalue weighted by Gasteiger charge is -2.38. The minimum atomic E-state index is -0.970. The molecule has 4 rings (SSSR count). The van der Waals surface area contributed by atoms with Gasteiger partial charge in [-0.1, -0.05) is 37.6 Å². The van der Waals surface area contributed by atoms with Gasteiger partial charge in [0, 0.05) is 26.3 Å². The number of ether oxygens (including phenoxy) is 1. The van der Waals surface area contributed by atoms with Crippen LogP contribution in [0.3, 0.4) is 0 Å². The number of amides is 1. The molecule has 0 N–H and O–H groups in total. The number of carbonyl (C=O) groups excluding carboxylic acids is 2. The molecule has 1 aliphatic heterocycles. The summed E-state index contributed by atoms with van der Waals surface area (Å²) in [6.07, 6.45) is 1.76. The number of imidazole rings is 1. The molecule has 1 aliphatic rings. The van der Waals surface area contributed by atoms with E-state index in [2.05, 4.69) is 6.92 Å². The van der Waals surface area contributed by atoms with Gasteiger partial charge in [-0.3, -0.25) is 14.5 Å². The van der Waals surface area contributed by atoms with Crippen LogP contribution in [0.2, 0.25) is 0 Å². The highest BCUT2D eigenvalue weighted by Crippen LogP contribution is 2.41. The van der Waals surface area contributed by atoms with E-state index in [0.29, 0.717) is 12.5 Å². The smallest absolute Gasteiger partial charge is 0.321 e. The average Bonchev–Trinajstić information content (AvgIpc) is 3.17. The van der Waals surface area contributed by atoms with Gasteiger partial charge >= 0.3 is 5.97 Å². The second-order valence-corrected chi connectivity index (χ2v) is 8.27. The molecule has 0 spiro atoms. The van der Waals surface area contributed by atoms with Crippen molar-refractivity contribution in [2.75, 3.05) is 37.0 Å². The fraction of sp³-hybridized carbons (Fsp3) is 0.400. The van der Waals surface area contributed by atoms with Crippen molar-refractivity contribution in [1.82, 2.24) is 9.55 Å². The van der Waals surface area contributed by atoms with E-state index < -0.39 is 17.9 Å². The van der Waals surface area contributed by atoms with E-state index in [1.807, 2.05) is 72.1 Å².